The third-order valence-corrected chi connectivity index (χ3v) is 2.11. The van der Waals surface area contributed by atoms with Crippen LogP contribution in [0.25, 0.3) is 0 Å². The molecule has 0 aliphatic heterocycles. The van der Waals surface area contributed by atoms with Gasteiger partial charge < -0.3 is 9.84 Å². The summed E-state index contributed by atoms with van der Waals surface area (Å²) < 4.78 is 4.96. The molecule has 0 aliphatic rings. The molecule has 0 fully saturated rings. The number of unbranched alkanes of at least 4 members (excludes halogenated alkanes) is 1. The van der Waals surface area contributed by atoms with E-state index < -0.39 is 11.9 Å². The number of carbonyl (C=O) groups is 2. The Hall–Kier alpha value is -0.918. The third-order valence-electron chi connectivity index (χ3n) is 2.11. The predicted octanol–water partition coefficient (Wildman–Crippen LogP) is 1.96. The van der Waals surface area contributed by atoms with Gasteiger partial charge in [-0.25, -0.2) is 9.59 Å². The van der Waals surface area contributed by atoms with Gasteiger partial charge in [-0.1, -0.05) is 25.5 Å². The Morgan fingerprint density at radius 1 is 1.24 bits per heavy atom. The number of hydrogen-bond acceptors (Lipinski definition) is 3. The summed E-state index contributed by atoms with van der Waals surface area (Å²) in [5.41, 5.74) is 0.0788. The number of benzene rings is 1. The second-order valence-corrected chi connectivity index (χ2v) is 3.34. The second-order valence-electron chi connectivity index (χ2n) is 3.34. The van der Waals surface area contributed by atoms with Crippen LogP contribution < -0.4 is 0 Å². The fraction of sp³-hybridized carbons (Fsp3) is 0.333. The number of aromatic carboxylic acids is 1. The Labute approximate surface area is 120 Å². The predicted molar refractivity (Wildman–Crippen MR) is 64.3 cm³/mol. The summed E-state index contributed by atoms with van der Waals surface area (Å²) in [5, 5.41) is 8.88. The molecule has 0 aromatic heterocycles. The summed E-state index contributed by atoms with van der Waals surface area (Å²) in [4.78, 5) is 22.4. The summed E-state index contributed by atoms with van der Waals surface area (Å²) in [6, 6.07) is 6.03. The number of rotatable bonds is 5. The molecular weight excluding hydrogens is 415 g/mol. The maximum Gasteiger partial charge on any atom is 0.339 e. The van der Waals surface area contributed by atoms with Crippen LogP contribution in [0.2, 0.25) is 0 Å². The van der Waals surface area contributed by atoms with Gasteiger partial charge in [-0.05, 0) is 18.6 Å². The second kappa shape index (κ2) is 8.21. The summed E-state index contributed by atoms with van der Waals surface area (Å²) in [7, 11) is 0. The minimum absolute atomic E-state index is 0. The van der Waals surface area contributed by atoms with E-state index in [0.29, 0.717) is 6.61 Å². The standard InChI is InChI=1S/C12H14O4.Pb/c1-2-3-8-16-12(15)10-7-5-4-6-9(10)11(13)14;/h4-7H,2-3,8H2,1H3,(H,13,14);. The first-order valence-electron chi connectivity index (χ1n) is 5.16. The van der Waals surface area contributed by atoms with Crippen molar-refractivity contribution in [2.45, 2.75) is 19.8 Å². The van der Waals surface area contributed by atoms with Crippen LogP contribution >= 0.6 is 0 Å². The molecule has 5 heteroatoms. The maximum absolute atomic E-state index is 11.6. The summed E-state index contributed by atoms with van der Waals surface area (Å²) >= 11 is 0. The van der Waals surface area contributed by atoms with Crippen LogP contribution in [0, 0.1) is 0 Å². The SMILES string of the molecule is CCCCOC(=O)c1ccccc1C(=O)O.[Pb]. The van der Waals surface area contributed by atoms with Gasteiger partial charge in [-0.3, -0.25) is 0 Å². The molecule has 4 radical (unpaired) electrons. The molecule has 1 aromatic rings. The van der Waals surface area contributed by atoms with Crippen molar-refractivity contribution < 1.29 is 19.4 Å². The van der Waals surface area contributed by atoms with Gasteiger partial charge in [0, 0.05) is 27.3 Å². The topological polar surface area (TPSA) is 63.6 Å². The van der Waals surface area contributed by atoms with Gasteiger partial charge in [0.1, 0.15) is 0 Å². The van der Waals surface area contributed by atoms with Crippen molar-refractivity contribution in [2.75, 3.05) is 6.61 Å². The molecule has 1 aromatic carbocycles. The molecule has 0 atom stereocenters. The van der Waals surface area contributed by atoms with Gasteiger partial charge in [-0.15, -0.1) is 0 Å². The Morgan fingerprint density at radius 2 is 1.82 bits per heavy atom. The minimum atomic E-state index is -1.12. The Kier molecular flexibility index (Phi) is 7.77. The fourth-order valence-electron chi connectivity index (χ4n) is 1.23. The van der Waals surface area contributed by atoms with Crippen LogP contribution in [-0.4, -0.2) is 51.0 Å². The molecule has 0 bridgehead atoms. The molecule has 1 rings (SSSR count). The average Bonchev–Trinajstić information content (AvgIpc) is 2.29. The molecule has 90 valence electrons. The Balaban J connectivity index is 0.00000256. The van der Waals surface area contributed by atoms with E-state index in [-0.39, 0.29) is 38.4 Å². The van der Waals surface area contributed by atoms with E-state index in [4.69, 9.17) is 9.84 Å². The molecule has 0 aliphatic carbocycles. The van der Waals surface area contributed by atoms with E-state index >= 15 is 0 Å². The molecule has 0 saturated heterocycles. The van der Waals surface area contributed by atoms with Gasteiger partial charge in [0.2, 0.25) is 0 Å². The smallest absolute Gasteiger partial charge is 0.339 e. The molecule has 0 heterocycles. The first kappa shape index (κ1) is 16.1. The molecule has 0 spiro atoms. The van der Waals surface area contributed by atoms with Gasteiger partial charge in [0.25, 0.3) is 0 Å². The van der Waals surface area contributed by atoms with Crippen LogP contribution in [0.15, 0.2) is 24.3 Å². The minimum Gasteiger partial charge on any atom is -0.478 e. The van der Waals surface area contributed by atoms with E-state index in [2.05, 4.69) is 0 Å². The first-order valence-corrected chi connectivity index (χ1v) is 5.16. The number of carboxylic acid groups (broad SMARTS) is 1. The Bertz CT molecular complexity index is 390. The van der Waals surface area contributed by atoms with E-state index in [9.17, 15) is 9.59 Å². The normalized spacial score (nSPS) is 9.24. The van der Waals surface area contributed by atoms with Crippen molar-refractivity contribution in [2.24, 2.45) is 0 Å². The van der Waals surface area contributed by atoms with Crippen LogP contribution in [0.3, 0.4) is 0 Å². The molecule has 0 amide bonds. The van der Waals surface area contributed by atoms with Crippen molar-refractivity contribution in [1.82, 2.24) is 0 Å². The van der Waals surface area contributed by atoms with E-state index in [1.165, 1.54) is 12.1 Å². The van der Waals surface area contributed by atoms with E-state index in [0.717, 1.165) is 12.8 Å². The van der Waals surface area contributed by atoms with Crippen LogP contribution in [-0.2, 0) is 4.74 Å². The van der Waals surface area contributed by atoms with Crippen molar-refractivity contribution in [3.05, 3.63) is 35.4 Å². The number of esters is 1. The van der Waals surface area contributed by atoms with E-state index in [1.807, 2.05) is 6.92 Å². The zero-order chi connectivity index (χ0) is 12.0. The summed E-state index contributed by atoms with van der Waals surface area (Å²) in [5.74, 6) is -1.70. The Morgan fingerprint density at radius 3 is 2.35 bits per heavy atom. The maximum atomic E-state index is 11.6. The molecule has 4 nitrogen and oxygen atoms in total. The molecule has 0 saturated carbocycles. The summed E-state index contributed by atoms with van der Waals surface area (Å²) in [6.45, 7) is 2.31. The average molecular weight is 429 g/mol. The number of hydrogen-bond donors (Lipinski definition) is 1. The van der Waals surface area contributed by atoms with E-state index in [1.54, 1.807) is 12.1 Å². The number of carbonyl (C=O) groups excluding carboxylic acids is 1. The van der Waals surface area contributed by atoms with Gasteiger partial charge in [-0.2, -0.15) is 0 Å². The zero-order valence-electron chi connectivity index (χ0n) is 9.60. The molecule has 17 heavy (non-hydrogen) atoms. The van der Waals surface area contributed by atoms with Gasteiger partial charge in [0.15, 0.2) is 0 Å². The zero-order valence-corrected chi connectivity index (χ0v) is 13.5. The summed E-state index contributed by atoms with van der Waals surface area (Å²) in [6.07, 6.45) is 1.70. The molecular formula is C12H14O4Pb. The van der Waals surface area contributed by atoms with Crippen molar-refractivity contribution >= 4 is 39.2 Å². The van der Waals surface area contributed by atoms with Crippen molar-refractivity contribution in [1.29, 1.82) is 0 Å². The van der Waals surface area contributed by atoms with Crippen LogP contribution in [0.4, 0.5) is 0 Å². The van der Waals surface area contributed by atoms with Crippen LogP contribution in [0.1, 0.15) is 40.5 Å². The van der Waals surface area contributed by atoms with Gasteiger partial charge in [0.05, 0.1) is 17.7 Å². The third kappa shape index (κ3) is 4.84. The van der Waals surface area contributed by atoms with Crippen molar-refractivity contribution in [3.8, 4) is 0 Å². The monoisotopic (exact) mass is 430 g/mol. The first-order chi connectivity index (χ1) is 7.66. The number of carboxylic acids is 1. The quantitative estimate of drug-likeness (QED) is 0.442. The molecule has 1 N–H and O–H groups in total. The van der Waals surface area contributed by atoms with Crippen molar-refractivity contribution in [3.63, 3.8) is 0 Å². The van der Waals surface area contributed by atoms with Gasteiger partial charge >= 0.3 is 11.9 Å². The molecule has 0 unspecified atom stereocenters. The largest absolute Gasteiger partial charge is 0.478 e. The van der Waals surface area contributed by atoms with Crippen LogP contribution in [0.5, 0.6) is 0 Å². The number of ether oxygens (including phenoxy) is 1. The fourth-order valence-corrected chi connectivity index (χ4v) is 1.23.